The van der Waals surface area contributed by atoms with Crippen LogP contribution in [0.25, 0.3) is 11.5 Å². The Morgan fingerprint density at radius 3 is 2.40 bits per heavy atom. The van der Waals surface area contributed by atoms with Crippen LogP contribution in [0.3, 0.4) is 0 Å². The molecule has 25 heavy (non-hydrogen) atoms. The van der Waals surface area contributed by atoms with Gasteiger partial charge in [-0.25, -0.2) is 17.5 Å². The van der Waals surface area contributed by atoms with Crippen LogP contribution in [-0.2, 0) is 16.6 Å². The number of sulfonamides is 1. The minimum absolute atomic E-state index is 0.0894. The molecule has 3 rings (SSSR count). The van der Waals surface area contributed by atoms with E-state index in [1.165, 1.54) is 43.5 Å². The smallest absolute Gasteiger partial charge is 0.247 e. The third-order valence-corrected chi connectivity index (χ3v) is 4.76. The summed E-state index contributed by atoms with van der Waals surface area (Å²) < 4.78 is 50.1. The number of nitrogens with zero attached hydrogens (tertiary/aromatic N) is 2. The molecule has 0 spiro atoms. The molecular weight excluding hydrogens is 349 g/mol. The highest BCUT2D eigenvalue weighted by Gasteiger charge is 2.16. The Labute approximate surface area is 143 Å². The van der Waals surface area contributed by atoms with Crippen LogP contribution in [0.15, 0.2) is 57.8 Å². The molecule has 0 saturated carbocycles. The van der Waals surface area contributed by atoms with E-state index in [1.807, 2.05) is 0 Å². The molecule has 0 amide bonds. The quantitative estimate of drug-likeness (QED) is 0.722. The summed E-state index contributed by atoms with van der Waals surface area (Å²) >= 11 is 0. The molecule has 1 aromatic heterocycles. The van der Waals surface area contributed by atoms with Gasteiger partial charge in [0.2, 0.25) is 21.8 Å². The molecule has 0 fully saturated rings. The van der Waals surface area contributed by atoms with Crippen LogP contribution in [0, 0.1) is 5.82 Å². The van der Waals surface area contributed by atoms with Gasteiger partial charge in [0.15, 0.2) is 0 Å². The summed E-state index contributed by atoms with van der Waals surface area (Å²) in [5, 5.41) is 7.60. The second-order valence-electron chi connectivity index (χ2n) is 5.01. The van der Waals surface area contributed by atoms with Gasteiger partial charge in [0.25, 0.3) is 0 Å². The highest BCUT2D eigenvalue weighted by Crippen LogP contribution is 2.19. The van der Waals surface area contributed by atoms with E-state index in [9.17, 15) is 12.8 Å². The maximum atomic E-state index is 12.9. The van der Waals surface area contributed by atoms with E-state index in [4.69, 9.17) is 9.15 Å². The Kier molecular flexibility index (Phi) is 4.77. The van der Waals surface area contributed by atoms with Crippen molar-refractivity contribution in [1.29, 1.82) is 0 Å². The zero-order valence-corrected chi connectivity index (χ0v) is 14.0. The van der Waals surface area contributed by atoms with Crippen molar-refractivity contribution in [2.45, 2.75) is 11.4 Å². The first-order valence-electron chi connectivity index (χ1n) is 7.20. The van der Waals surface area contributed by atoms with Gasteiger partial charge >= 0.3 is 0 Å². The highest BCUT2D eigenvalue weighted by molar-refractivity contribution is 7.89. The van der Waals surface area contributed by atoms with Gasteiger partial charge in [0.1, 0.15) is 11.6 Å². The lowest BCUT2D eigenvalue weighted by atomic mass is 10.2. The van der Waals surface area contributed by atoms with Gasteiger partial charge in [-0.1, -0.05) is 0 Å². The Balaban J connectivity index is 1.69. The lowest BCUT2D eigenvalue weighted by molar-refractivity contribution is 0.414. The van der Waals surface area contributed by atoms with Crippen LogP contribution < -0.4 is 9.46 Å². The van der Waals surface area contributed by atoms with Crippen molar-refractivity contribution < 1.29 is 22.0 Å². The Hall–Kier alpha value is -2.78. The molecule has 2 aromatic carbocycles. The molecule has 7 nitrogen and oxygen atoms in total. The number of hydrogen-bond acceptors (Lipinski definition) is 6. The van der Waals surface area contributed by atoms with Crippen LogP contribution in [0.4, 0.5) is 4.39 Å². The number of aromatic nitrogens is 2. The normalized spacial score (nSPS) is 11.4. The van der Waals surface area contributed by atoms with Crippen LogP contribution in [0.2, 0.25) is 0 Å². The molecule has 0 saturated heterocycles. The highest BCUT2D eigenvalue weighted by atomic mass is 32.2. The third-order valence-electron chi connectivity index (χ3n) is 3.34. The summed E-state index contributed by atoms with van der Waals surface area (Å²) in [6.45, 7) is -0.164. The van der Waals surface area contributed by atoms with Crippen molar-refractivity contribution in [3.8, 4) is 17.2 Å². The number of halogens is 1. The number of hydrogen-bond donors (Lipinski definition) is 1. The second kappa shape index (κ2) is 6.99. The lowest BCUT2D eigenvalue weighted by Gasteiger charge is -2.05. The number of benzene rings is 2. The first-order valence-corrected chi connectivity index (χ1v) is 8.68. The fraction of sp³-hybridized carbons (Fsp3) is 0.125. The minimum atomic E-state index is -3.73. The largest absolute Gasteiger partial charge is 0.497 e. The Morgan fingerprint density at radius 2 is 1.76 bits per heavy atom. The van der Waals surface area contributed by atoms with Crippen LogP contribution >= 0.6 is 0 Å². The van der Waals surface area contributed by atoms with Gasteiger partial charge in [-0.05, 0) is 48.5 Å². The summed E-state index contributed by atoms with van der Waals surface area (Å²) in [5.74, 6) is 0.450. The van der Waals surface area contributed by atoms with Gasteiger partial charge in [-0.15, -0.1) is 10.2 Å². The average molecular weight is 363 g/mol. The molecule has 1 N–H and O–H groups in total. The summed E-state index contributed by atoms with van der Waals surface area (Å²) in [4.78, 5) is 0.0894. The molecular formula is C16H14FN3O4S. The van der Waals surface area contributed by atoms with E-state index in [1.54, 1.807) is 12.1 Å². The summed E-state index contributed by atoms with van der Waals surface area (Å²) in [7, 11) is -2.23. The van der Waals surface area contributed by atoms with Crippen molar-refractivity contribution in [1.82, 2.24) is 14.9 Å². The minimum Gasteiger partial charge on any atom is -0.497 e. The Bertz CT molecular complexity index is 954. The van der Waals surface area contributed by atoms with Crippen molar-refractivity contribution in [3.63, 3.8) is 0 Å². The number of methoxy groups -OCH3 is 1. The first-order chi connectivity index (χ1) is 12.0. The molecule has 0 atom stereocenters. The molecule has 0 radical (unpaired) electrons. The van der Waals surface area contributed by atoms with E-state index in [0.29, 0.717) is 11.3 Å². The number of nitrogens with one attached hydrogen (secondary N) is 1. The molecule has 0 bridgehead atoms. The van der Waals surface area contributed by atoms with E-state index >= 15 is 0 Å². The monoisotopic (exact) mass is 363 g/mol. The summed E-state index contributed by atoms with van der Waals surface area (Å²) in [6.07, 6.45) is 0. The molecule has 0 aliphatic carbocycles. The molecule has 130 valence electrons. The molecule has 0 unspecified atom stereocenters. The van der Waals surface area contributed by atoms with Crippen LogP contribution in [0.5, 0.6) is 5.75 Å². The van der Waals surface area contributed by atoms with Crippen molar-refractivity contribution in [3.05, 3.63) is 60.2 Å². The standard InChI is InChI=1S/C16H14FN3O4S/c1-23-13-6-8-14(9-7-13)25(21,22)18-10-15-19-20-16(24-15)11-2-4-12(17)5-3-11/h2-9,18H,10H2,1H3. The topological polar surface area (TPSA) is 94.3 Å². The maximum Gasteiger partial charge on any atom is 0.247 e. The van der Waals surface area contributed by atoms with E-state index in [-0.39, 0.29) is 29.0 Å². The maximum absolute atomic E-state index is 12.9. The van der Waals surface area contributed by atoms with E-state index < -0.39 is 10.0 Å². The number of rotatable bonds is 6. The first kappa shape index (κ1) is 17.1. The molecule has 1 heterocycles. The van der Waals surface area contributed by atoms with Crippen molar-refractivity contribution in [2.75, 3.05) is 7.11 Å². The fourth-order valence-corrected chi connectivity index (χ4v) is 3.00. The van der Waals surface area contributed by atoms with Gasteiger partial charge < -0.3 is 9.15 Å². The van der Waals surface area contributed by atoms with E-state index in [2.05, 4.69) is 14.9 Å². The van der Waals surface area contributed by atoms with Crippen molar-refractivity contribution >= 4 is 10.0 Å². The lowest BCUT2D eigenvalue weighted by Crippen LogP contribution is -2.23. The molecule has 0 aliphatic heterocycles. The van der Waals surface area contributed by atoms with Gasteiger partial charge in [-0.2, -0.15) is 0 Å². The van der Waals surface area contributed by atoms with Crippen LogP contribution in [-0.4, -0.2) is 25.7 Å². The number of ether oxygens (including phenoxy) is 1. The summed E-state index contributed by atoms with van der Waals surface area (Å²) in [6, 6.07) is 11.5. The third kappa shape index (κ3) is 4.01. The predicted octanol–water partition coefficient (Wildman–Crippen LogP) is 2.36. The summed E-state index contributed by atoms with van der Waals surface area (Å²) in [5.41, 5.74) is 0.540. The molecule has 9 heteroatoms. The van der Waals surface area contributed by atoms with E-state index in [0.717, 1.165) is 0 Å². The average Bonchev–Trinajstić information content (AvgIpc) is 3.10. The molecule has 3 aromatic rings. The van der Waals surface area contributed by atoms with Crippen molar-refractivity contribution in [2.24, 2.45) is 0 Å². The van der Waals surface area contributed by atoms with Gasteiger partial charge in [0, 0.05) is 5.56 Å². The zero-order chi connectivity index (χ0) is 17.9. The van der Waals surface area contributed by atoms with Gasteiger partial charge in [0.05, 0.1) is 18.6 Å². The van der Waals surface area contributed by atoms with Crippen LogP contribution in [0.1, 0.15) is 5.89 Å². The second-order valence-corrected chi connectivity index (χ2v) is 6.77. The molecule has 0 aliphatic rings. The zero-order valence-electron chi connectivity index (χ0n) is 13.1. The SMILES string of the molecule is COc1ccc(S(=O)(=O)NCc2nnc(-c3ccc(F)cc3)o2)cc1. The Morgan fingerprint density at radius 1 is 1.08 bits per heavy atom. The fourth-order valence-electron chi connectivity index (χ4n) is 2.03. The predicted molar refractivity (Wildman–Crippen MR) is 86.7 cm³/mol. The van der Waals surface area contributed by atoms with Gasteiger partial charge in [-0.3, -0.25) is 0 Å².